The van der Waals surface area contributed by atoms with Crippen molar-refractivity contribution >= 4 is 6.29 Å². The second-order valence-electron chi connectivity index (χ2n) is 7.92. The van der Waals surface area contributed by atoms with Crippen molar-refractivity contribution in [2.24, 2.45) is 5.92 Å². The highest BCUT2D eigenvalue weighted by Crippen LogP contribution is 2.53. The molecule has 0 aromatic heterocycles. The predicted molar refractivity (Wildman–Crippen MR) is 99.5 cm³/mol. The van der Waals surface area contributed by atoms with Gasteiger partial charge in [0, 0.05) is 16.7 Å². The molecule has 3 rings (SSSR count). The van der Waals surface area contributed by atoms with E-state index >= 15 is 0 Å². The molecular weight excluding hydrogens is 292 g/mol. The minimum atomic E-state index is 0.155. The van der Waals surface area contributed by atoms with Gasteiger partial charge in [-0.05, 0) is 52.1 Å². The Morgan fingerprint density at radius 3 is 2.00 bits per heavy atom. The summed E-state index contributed by atoms with van der Waals surface area (Å²) in [4.78, 5) is 10.7. The summed E-state index contributed by atoms with van der Waals surface area (Å²) in [6, 6.07) is 14.0. The molecule has 0 N–H and O–H groups in total. The van der Waals surface area contributed by atoms with E-state index in [-0.39, 0.29) is 10.8 Å². The van der Waals surface area contributed by atoms with Crippen LogP contribution in [0.25, 0.3) is 0 Å². The second-order valence-corrected chi connectivity index (χ2v) is 7.92. The molecule has 0 saturated heterocycles. The van der Waals surface area contributed by atoms with Crippen molar-refractivity contribution in [3.05, 3.63) is 70.3 Å². The highest BCUT2D eigenvalue weighted by atomic mass is 16.1. The summed E-state index contributed by atoms with van der Waals surface area (Å²) in [5, 5.41) is 0. The van der Waals surface area contributed by atoms with Gasteiger partial charge in [-0.1, -0.05) is 64.7 Å². The Labute approximate surface area is 145 Å². The van der Waals surface area contributed by atoms with Crippen molar-refractivity contribution in [1.29, 1.82) is 0 Å². The first-order valence-electron chi connectivity index (χ1n) is 8.49. The topological polar surface area (TPSA) is 17.1 Å². The van der Waals surface area contributed by atoms with Gasteiger partial charge in [-0.15, -0.1) is 0 Å². The summed E-state index contributed by atoms with van der Waals surface area (Å²) >= 11 is 0. The summed E-state index contributed by atoms with van der Waals surface area (Å²) in [6.07, 6.45) is 0.850. The van der Waals surface area contributed by atoms with Crippen LogP contribution in [0, 0.1) is 17.8 Å². The van der Waals surface area contributed by atoms with Crippen molar-refractivity contribution < 1.29 is 4.79 Å². The van der Waals surface area contributed by atoms with Gasteiger partial charge in [-0.2, -0.15) is 0 Å². The molecule has 0 heterocycles. The number of hydrogen-bond acceptors (Lipinski definition) is 1. The zero-order chi connectivity index (χ0) is 17.5. The Bertz CT molecular complexity index is 842. The van der Waals surface area contributed by atoms with E-state index in [0.29, 0.717) is 11.5 Å². The minimum absolute atomic E-state index is 0.155. The van der Waals surface area contributed by atoms with E-state index in [1.54, 1.807) is 12.1 Å². The van der Waals surface area contributed by atoms with Crippen LogP contribution in [0.5, 0.6) is 0 Å². The van der Waals surface area contributed by atoms with Crippen molar-refractivity contribution in [3.8, 4) is 11.8 Å². The Balaban J connectivity index is 1.97. The number of hydrogen-bond donors (Lipinski definition) is 0. The molecule has 0 aliphatic heterocycles. The highest BCUT2D eigenvalue weighted by Gasteiger charge is 2.48. The molecule has 1 aliphatic rings. The van der Waals surface area contributed by atoms with Gasteiger partial charge in [0.15, 0.2) is 0 Å². The third-order valence-corrected chi connectivity index (χ3v) is 5.97. The highest BCUT2D eigenvalue weighted by molar-refractivity contribution is 5.74. The first-order valence-corrected chi connectivity index (χ1v) is 8.49. The lowest BCUT2D eigenvalue weighted by Crippen LogP contribution is -2.30. The fraction of sp³-hybridized carbons (Fsp3) is 0.348. The van der Waals surface area contributed by atoms with Crippen molar-refractivity contribution in [3.63, 3.8) is 0 Å². The van der Waals surface area contributed by atoms with Crippen molar-refractivity contribution in [1.82, 2.24) is 0 Å². The van der Waals surface area contributed by atoms with Gasteiger partial charge in [0.1, 0.15) is 6.29 Å². The van der Waals surface area contributed by atoms with Gasteiger partial charge in [-0.3, -0.25) is 4.79 Å². The number of fused-ring (bicyclic) bond motifs is 1. The first-order chi connectivity index (χ1) is 11.3. The van der Waals surface area contributed by atoms with Crippen molar-refractivity contribution in [2.45, 2.75) is 45.4 Å². The van der Waals surface area contributed by atoms with E-state index in [4.69, 9.17) is 0 Å². The summed E-state index contributed by atoms with van der Waals surface area (Å²) in [6.45, 7) is 11.7. The predicted octanol–water partition coefficient (Wildman–Crippen LogP) is 5.10. The number of carbonyl (C=O) groups is 1. The number of aldehydes is 1. The van der Waals surface area contributed by atoms with E-state index in [1.807, 2.05) is 12.1 Å². The van der Waals surface area contributed by atoms with Gasteiger partial charge >= 0.3 is 0 Å². The lowest BCUT2D eigenvalue weighted by Gasteiger charge is -2.32. The van der Waals surface area contributed by atoms with E-state index < -0.39 is 0 Å². The Morgan fingerprint density at radius 2 is 1.38 bits per heavy atom. The quantitative estimate of drug-likeness (QED) is 0.528. The average Bonchev–Trinajstić information content (AvgIpc) is 2.71. The normalized spacial score (nSPS) is 20.0. The summed E-state index contributed by atoms with van der Waals surface area (Å²) in [5.41, 5.74) is 5.86. The fourth-order valence-corrected chi connectivity index (χ4v) is 3.87. The molecule has 1 unspecified atom stereocenters. The van der Waals surface area contributed by atoms with Gasteiger partial charge in [0.2, 0.25) is 0 Å². The maximum atomic E-state index is 10.7. The molecule has 1 aliphatic carbocycles. The molecule has 0 fully saturated rings. The van der Waals surface area contributed by atoms with E-state index in [9.17, 15) is 4.79 Å². The smallest absolute Gasteiger partial charge is 0.150 e. The standard InChI is InChI=1S/C23H24O/c1-16-22(2,3)20-13-12-18(14-21(20)23(16,4)5)9-6-17-7-10-19(15-24)11-8-17/h7-8,10-16H,1-5H3. The third kappa shape index (κ3) is 2.57. The van der Waals surface area contributed by atoms with E-state index in [2.05, 4.69) is 64.7 Å². The lowest BCUT2D eigenvalue weighted by atomic mass is 9.71. The van der Waals surface area contributed by atoms with Crippen LogP contribution >= 0.6 is 0 Å². The maximum absolute atomic E-state index is 10.7. The molecule has 0 bridgehead atoms. The average molecular weight is 316 g/mol. The van der Waals surface area contributed by atoms with Gasteiger partial charge in [-0.25, -0.2) is 0 Å². The monoisotopic (exact) mass is 316 g/mol. The van der Waals surface area contributed by atoms with Crippen molar-refractivity contribution in [2.75, 3.05) is 0 Å². The van der Waals surface area contributed by atoms with E-state index in [1.165, 1.54) is 11.1 Å². The molecule has 0 radical (unpaired) electrons. The molecule has 0 saturated carbocycles. The Kier molecular flexibility index (Phi) is 3.88. The molecule has 24 heavy (non-hydrogen) atoms. The Morgan fingerprint density at radius 1 is 0.833 bits per heavy atom. The molecular formula is C23H24O. The molecule has 0 amide bonds. The number of carbonyl (C=O) groups excluding carboxylic acids is 1. The molecule has 1 atom stereocenters. The number of rotatable bonds is 1. The maximum Gasteiger partial charge on any atom is 0.150 e. The van der Waals surface area contributed by atoms with Gasteiger partial charge < -0.3 is 0 Å². The SMILES string of the molecule is CC1C(C)(C)c2ccc(C#Cc3ccc(C=O)cc3)cc2C1(C)C. The summed E-state index contributed by atoms with van der Waals surface area (Å²) in [7, 11) is 0. The van der Waals surface area contributed by atoms with Crippen LogP contribution in [0.3, 0.4) is 0 Å². The van der Waals surface area contributed by atoms with Crippen LogP contribution in [0.15, 0.2) is 42.5 Å². The fourth-order valence-electron chi connectivity index (χ4n) is 3.87. The van der Waals surface area contributed by atoms with Crippen LogP contribution < -0.4 is 0 Å². The van der Waals surface area contributed by atoms with Crippen LogP contribution in [-0.2, 0) is 10.8 Å². The Hall–Kier alpha value is -2.33. The molecule has 122 valence electrons. The third-order valence-electron chi connectivity index (χ3n) is 5.97. The second kappa shape index (κ2) is 5.64. The lowest BCUT2D eigenvalue weighted by molar-refractivity contribution is 0.112. The van der Waals surface area contributed by atoms with Crippen LogP contribution in [0.4, 0.5) is 0 Å². The van der Waals surface area contributed by atoms with Crippen LogP contribution in [0.2, 0.25) is 0 Å². The molecule has 2 aromatic rings. The molecule has 1 heteroatoms. The molecule has 2 aromatic carbocycles. The largest absolute Gasteiger partial charge is 0.298 e. The summed E-state index contributed by atoms with van der Waals surface area (Å²) in [5.74, 6) is 7.05. The van der Waals surface area contributed by atoms with Gasteiger partial charge in [0.05, 0.1) is 0 Å². The van der Waals surface area contributed by atoms with Crippen LogP contribution in [-0.4, -0.2) is 6.29 Å². The van der Waals surface area contributed by atoms with Gasteiger partial charge in [0.25, 0.3) is 0 Å². The van der Waals surface area contributed by atoms with Crippen LogP contribution in [0.1, 0.15) is 67.2 Å². The van der Waals surface area contributed by atoms with E-state index in [0.717, 1.165) is 17.4 Å². The molecule has 0 spiro atoms. The minimum Gasteiger partial charge on any atom is -0.298 e. The zero-order valence-electron chi connectivity index (χ0n) is 15.1. The first kappa shape index (κ1) is 16.5. The number of benzene rings is 2. The summed E-state index contributed by atoms with van der Waals surface area (Å²) < 4.78 is 0. The zero-order valence-corrected chi connectivity index (χ0v) is 15.1. The molecule has 1 nitrogen and oxygen atoms in total.